The van der Waals surface area contributed by atoms with E-state index in [2.05, 4.69) is 11.1 Å². The lowest BCUT2D eigenvalue weighted by molar-refractivity contribution is -0.386. The number of hydrogen-bond donors (Lipinski definition) is 0. The van der Waals surface area contributed by atoms with E-state index in [4.69, 9.17) is 4.74 Å². The number of rotatable bonds is 3. The molecule has 0 spiro atoms. The minimum atomic E-state index is -0.437. The van der Waals surface area contributed by atoms with E-state index in [9.17, 15) is 10.1 Å². The Hall–Kier alpha value is -2.43. The number of nitrogens with zero attached hydrogens (tertiary/aromatic N) is 2. The zero-order valence-corrected chi connectivity index (χ0v) is 11.8. The van der Waals surface area contributed by atoms with Crippen LogP contribution in [-0.4, -0.2) is 9.91 Å². The highest BCUT2D eigenvalue weighted by atomic mass is 16.6. The maximum atomic E-state index is 11.2. The third-order valence-electron chi connectivity index (χ3n) is 3.83. The Bertz CT molecular complexity index is 698. The second-order valence-electron chi connectivity index (χ2n) is 5.24. The second-order valence-corrected chi connectivity index (χ2v) is 5.24. The van der Waals surface area contributed by atoms with Crippen molar-refractivity contribution in [2.75, 3.05) is 0 Å². The van der Waals surface area contributed by atoms with Gasteiger partial charge in [-0.25, -0.2) is 4.98 Å². The minimum Gasteiger partial charge on any atom is -0.433 e. The Kier molecular flexibility index (Phi) is 3.56. The van der Waals surface area contributed by atoms with E-state index in [1.54, 1.807) is 13.0 Å². The van der Waals surface area contributed by atoms with Crippen molar-refractivity contribution in [1.29, 1.82) is 0 Å². The van der Waals surface area contributed by atoms with Gasteiger partial charge in [-0.15, -0.1) is 0 Å². The molecule has 0 atom stereocenters. The molecule has 0 N–H and O–H groups in total. The van der Waals surface area contributed by atoms with Crippen LogP contribution in [-0.2, 0) is 12.8 Å². The molecule has 5 heteroatoms. The quantitative estimate of drug-likeness (QED) is 0.632. The summed E-state index contributed by atoms with van der Waals surface area (Å²) in [5.41, 5.74) is 2.91. The lowest BCUT2D eigenvalue weighted by Gasteiger charge is -2.18. The molecule has 0 saturated heterocycles. The standard InChI is InChI=1S/C16H16N2O3/c1-11-9-10-17-16(15(11)18(19)20)21-14-8-4-6-12-5-2-3-7-13(12)14/h4,6,8-10H,2-3,5,7H2,1H3. The van der Waals surface area contributed by atoms with Gasteiger partial charge < -0.3 is 4.74 Å². The lowest BCUT2D eigenvalue weighted by Crippen LogP contribution is -2.05. The van der Waals surface area contributed by atoms with Gasteiger partial charge in [0.15, 0.2) is 0 Å². The molecule has 0 aliphatic heterocycles. The van der Waals surface area contributed by atoms with Crippen LogP contribution in [0.25, 0.3) is 0 Å². The summed E-state index contributed by atoms with van der Waals surface area (Å²) in [7, 11) is 0. The molecule has 108 valence electrons. The van der Waals surface area contributed by atoms with Crippen LogP contribution in [0, 0.1) is 17.0 Å². The van der Waals surface area contributed by atoms with E-state index >= 15 is 0 Å². The van der Waals surface area contributed by atoms with Crippen molar-refractivity contribution in [3.05, 3.63) is 57.3 Å². The SMILES string of the molecule is Cc1ccnc(Oc2cccc3c2CCCC3)c1[N+](=O)[O-]. The number of benzene rings is 1. The number of hydrogen-bond acceptors (Lipinski definition) is 4. The average Bonchev–Trinajstić information content (AvgIpc) is 2.47. The van der Waals surface area contributed by atoms with Crippen LogP contribution in [0.4, 0.5) is 5.69 Å². The van der Waals surface area contributed by atoms with Crippen molar-refractivity contribution < 1.29 is 9.66 Å². The molecule has 0 fully saturated rings. The molecule has 1 aliphatic rings. The Morgan fingerprint density at radius 2 is 2.05 bits per heavy atom. The van der Waals surface area contributed by atoms with E-state index in [-0.39, 0.29) is 11.6 Å². The van der Waals surface area contributed by atoms with Gasteiger partial charge in [0.25, 0.3) is 5.88 Å². The topological polar surface area (TPSA) is 65.3 Å². The Balaban J connectivity index is 2.02. The molecule has 0 radical (unpaired) electrons. The van der Waals surface area contributed by atoms with E-state index in [1.165, 1.54) is 18.2 Å². The summed E-state index contributed by atoms with van der Waals surface area (Å²) in [4.78, 5) is 14.8. The molecule has 0 saturated carbocycles. The van der Waals surface area contributed by atoms with Crippen LogP contribution < -0.4 is 4.74 Å². The number of ether oxygens (including phenoxy) is 1. The monoisotopic (exact) mass is 284 g/mol. The third-order valence-corrected chi connectivity index (χ3v) is 3.83. The number of aryl methyl sites for hydroxylation is 2. The maximum Gasteiger partial charge on any atom is 0.334 e. The Morgan fingerprint density at radius 1 is 1.24 bits per heavy atom. The Morgan fingerprint density at radius 3 is 2.86 bits per heavy atom. The first kappa shape index (κ1) is 13.5. The molecule has 0 unspecified atom stereocenters. The van der Waals surface area contributed by atoms with Crippen LogP contribution in [0.1, 0.15) is 29.5 Å². The Labute approximate surface area is 122 Å². The second kappa shape index (κ2) is 5.52. The van der Waals surface area contributed by atoms with Gasteiger partial charge >= 0.3 is 5.69 Å². The molecular weight excluding hydrogens is 268 g/mol. The van der Waals surface area contributed by atoms with Crippen LogP contribution in [0.3, 0.4) is 0 Å². The van der Waals surface area contributed by atoms with Crippen LogP contribution in [0.5, 0.6) is 11.6 Å². The van der Waals surface area contributed by atoms with Crippen molar-refractivity contribution >= 4 is 5.69 Å². The summed E-state index contributed by atoms with van der Waals surface area (Å²) in [5.74, 6) is 0.757. The highest BCUT2D eigenvalue weighted by Crippen LogP contribution is 2.36. The van der Waals surface area contributed by atoms with Gasteiger partial charge in [-0.05, 0) is 55.9 Å². The van der Waals surface area contributed by atoms with Gasteiger partial charge in [-0.3, -0.25) is 10.1 Å². The zero-order valence-electron chi connectivity index (χ0n) is 11.8. The highest BCUT2D eigenvalue weighted by Gasteiger charge is 2.22. The van der Waals surface area contributed by atoms with Crippen molar-refractivity contribution in [2.24, 2.45) is 0 Å². The summed E-state index contributed by atoms with van der Waals surface area (Å²) in [6, 6.07) is 7.50. The molecule has 1 heterocycles. The van der Waals surface area contributed by atoms with Crippen molar-refractivity contribution in [3.8, 4) is 11.6 Å². The summed E-state index contributed by atoms with van der Waals surface area (Å²) in [5, 5.41) is 11.2. The molecule has 21 heavy (non-hydrogen) atoms. The molecule has 0 amide bonds. The first-order valence-corrected chi connectivity index (χ1v) is 7.05. The average molecular weight is 284 g/mol. The highest BCUT2D eigenvalue weighted by molar-refractivity contribution is 5.51. The van der Waals surface area contributed by atoms with Crippen molar-refractivity contribution in [2.45, 2.75) is 32.6 Å². The first-order valence-electron chi connectivity index (χ1n) is 7.05. The van der Waals surface area contributed by atoms with Crippen LogP contribution >= 0.6 is 0 Å². The number of nitro groups is 1. The molecule has 1 aromatic carbocycles. The largest absolute Gasteiger partial charge is 0.433 e. The number of pyridine rings is 1. The minimum absolute atomic E-state index is 0.0640. The summed E-state index contributed by atoms with van der Waals surface area (Å²) in [6.45, 7) is 1.69. The number of fused-ring (bicyclic) bond motifs is 1. The fraction of sp³-hybridized carbons (Fsp3) is 0.312. The summed E-state index contributed by atoms with van der Waals surface area (Å²) in [6.07, 6.45) is 5.82. The molecule has 5 nitrogen and oxygen atoms in total. The predicted molar refractivity (Wildman–Crippen MR) is 78.8 cm³/mol. The van der Waals surface area contributed by atoms with Gasteiger partial charge in [0.2, 0.25) is 0 Å². The fourth-order valence-electron chi connectivity index (χ4n) is 2.77. The van der Waals surface area contributed by atoms with Gasteiger partial charge in [0, 0.05) is 11.8 Å². The number of aromatic nitrogens is 1. The van der Waals surface area contributed by atoms with E-state index in [0.717, 1.165) is 24.8 Å². The smallest absolute Gasteiger partial charge is 0.334 e. The van der Waals surface area contributed by atoms with Gasteiger partial charge in [0.1, 0.15) is 5.75 Å². The molecule has 3 rings (SSSR count). The molecule has 2 aromatic rings. The normalized spacial score (nSPS) is 13.6. The van der Waals surface area contributed by atoms with E-state index in [0.29, 0.717) is 11.3 Å². The molecular formula is C16H16N2O3. The lowest BCUT2D eigenvalue weighted by atomic mass is 9.91. The van der Waals surface area contributed by atoms with Gasteiger partial charge in [-0.2, -0.15) is 0 Å². The predicted octanol–water partition coefficient (Wildman–Crippen LogP) is 3.97. The van der Waals surface area contributed by atoms with Crippen molar-refractivity contribution in [1.82, 2.24) is 4.98 Å². The van der Waals surface area contributed by atoms with Gasteiger partial charge in [-0.1, -0.05) is 12.1 Å². The zero-order chi connectivity index (χ0) is 14.8. The van der Waals surface area contributed by atoms with Crippen molar-refractivity contribution in [3.63, 3.8) is 0 Å². The molecule has 1 aliphatic carbocycles. The van der Waals surface area contributed by atoms with Crippen LogP contribution in [0.15, 0.2) is 30.5 Å². The van der Waals surface area contributed by atoms with Gasteiger partial charge in [0.05, 0.1) is 4.92 Å². The van der Waals surface area contributed by atoms with E-state index < -0.39 is 4.92 Å². The summed E-state index contributed by atoms with van der Waals surface area (Å²) >= 11 is 0. The van der Waals surface area contributed by atoms with E-state index in [1.807, 2.05) is 12.1 Å². The summed E-state index contributed by atoms with van der Waals surface area (Å²) < 4.78 is 5.80. The fourth-order valence-corrected chi connectivity index (χ4v) is 2.77. The first-order chi connectivity index (χ1) is 10.2. The maximum absolute atomic E-state index is 11.2. The molecule has 0 bridgehead atoms. The van der Waals surface area contributed by atoms with Crippen LogP contribution in [0.2, 0.25) is 0 Å². The third kappa shape index (κ3) is 2.59. The molecule has 1 aromatic heterocycles.